The van der Waals surface area contributed by atoms with E-state index in [1.807, 2.05) is 37.4 Å². The van der Waals surface area contributed by atoms with Crippen molar-refractivity contribution in [2.75, 3.05) is 13.1 Å². The summed E-state index contributed by atoms with van der Waals surface area (Å²) < 4.78 is 0. The standard InChI is InChI=1S/C27H30ClN3O2/c1-17-13-20(18-7-10-29-25(16-18)27(2,3)4)15-24(30-17)22-6-5-19(14-23(22)28)26(33)31-11-8-21(32)9-12-31/h5-7,10,13-16,21,32H,8-9,11-12H2,1-4H3. The normalized spacial score (nSPS) is 15.0. The van der Waals surface area contributed by atoms with Crippen LogP contribution in [-0.2, 0) is 5.41 Å². The zero-order valence-corrected chi connectivity index (χ0v) is 20.4. The number of halogens is 1. The van der Waals surface area contributed by atoms with Gasteiger partial charge in [0.25, 0.3) is 5.91 Å². The molecule has 5 nitrogen and oxygen atoms in total. The summed E-state index contributed by atoms with van der Waals surface area (Å²) in [6.45, 7) is 9.54. The molecule has 0 unspecified atom stereocenters. The van der Waals surface area contributed by atoms with Gasteiger partial charge in [0.1, 0.15) is 0 Å². The first-order valence-corrected chi connectivity index (χ1v) is 11.7. The van der Waals surface area contributed by atoms with E-state index >= 15 is 0 Å². The molecule has 0 radical (unpaired) electrons. The molecule has 6 heteroatoms. The van der Waals surface area contributed by atoms with Crippen LogP contribution in [0.25, 0.3) is 22.4 Å². The number of likely N-dealkylation sites (tertiary alicyclic amines) is 1. The molecule has 1 amide bonds. The number of rotatable bonds is 3. The Morgan fingerprint density at radius 1 is 1.06 bits per heavy atom. The minimum absolute atomic E-state index is 0.0426. The monoisotopic (exact) mass is 463 g/mol. The molecule has 0 spiro atoms. The molecule has 0 atom stereocenters. The molecule has 1 aliphatic heterocycles. The van der Waals surface area contributed by atoms with Gasteiger partial charge in [0.05, 0.1) is 16.8 Å². The average Bonchev–Trinajstić information content (AvgIpc) is 2.78. The number of aliphatic hydroxyl groups is 1. The Morgan fingerprint density at radius 2 is 1.79 bits per heavy atom. The molecule has 1 fully saturated rings. The molecule has 33 heavy (non-hydrogen) atoms. The molecular formula is C27H30ClN3O2. The zero-order chi connectivity index (χ0) is 23.8. The number of aliphatic hydroxyl groups excluding tert-OH is 1. The summed E-state index contributed by atoms with van der Waals surface area (Å²) in [6.07, 6.45) is 2.75. The van der Waals surface area contributed by atoms with Gasteiger partial charge < -0.3 is 10.0 Å². The molecular weight excluding hydrogens is 434 g/mol. The summed E-state index contributed by atoms with van der Waals surface area (Å²) in [4.78, 5) is 23.9. The fraction of sp³-hybridized carbons (Fsp3) is 0.370. The Kier molecular flexibility index (Phi) is 6.55. The van der Waals surface area contributed by atoms with Gasteiger partial charge >= 0.3 is 0 Å². The molecule has 3 aromatic rings. The van der Waals surface area contributed by atoms with E-state index < -0.39 is 0 Å². The van der Waals surface area contributed by atoms with Gasteiger partial charge in [0.15, 0.2) is 0 Å². The molecule has 1 aromatic carbocycles. The van der Waals surface area contributed by atoms with E-state index in [-0.39, 0.29) is 17.4 Å². The van der Waals surface area contributed by atoms with Crippen molar-refractivity contribution in [2.24, 2.45) is 0 Å². The summed E-state index contributed by atoms with van der Waals surface area (Å²) in [5, 5.41) is 10.2. The first kappa shape index (κ1) is 23.4. The van der Waals surface area contributed by atoms with Crippen LogP contribution < -0.4 is 0 Å². The van der Waals surface area contributed by atoms with E-state index in [0.29, 0.717) is 36.5 Å². The number of benzene rings is 1. The molecule has 0 aliphatic carbocycles. The molecule has 2 aromatic heterocycles. The van der Waals surface area contributed by atoms with E-state index in [0.717, 1.165) is 33.8 Å². The van der Waals surface area contributed by atoms with Crippen LogP contribution in [0.3, 0.4) is 0 Å². The van der Waals surface area contributed by atoms with Crippen molar-refractivity contribution in [1.82, 2.24) is 14.9 Å². The molecule has 0 saturated carbocycles. The molecule has 1 aliphatic rings. The first-order valence-electron chi connectivity index (χ1n) is 11.3. The van der Waals surface area contributed by atoms with Crippen molar-refractivity contribution in [3.63, 3.8) is 0 Å². The third-order valence-corrected chi connectivity index (χ3v) is 6.37. The second-order valence-corrected chi connectivity index (χ2v) is 10.2. The third-order valence-electron chi connectivity index (χ3n) is 6.06. The van der Waals surface area contributed by atoms with Gasteiger partial charge in [-0.25, -0.2) is 0 Å². The maximum atomic E-state index is 12.9. The van der Waals surface area contributed by atoms with Crippen LogP contribution in [0.5, 0.6) is 0 Å². The van der Waals surface area contributed by atoms with Crippen molar-refractivity contribution in [1.29, 1.82) is 0 Å². The van der Waals surface area contributed by atoms with Gasteiger partial charge in [-0.1, -0.05) is 38.4 Å². The number of nitrogens with zero attached hydrogens (tertiary/aromatic N) is 3. The lowest BCUT2D eigenvalue weighted by atomic mass is 9.90. The Morgan fingerprint density at radius 3 is 2.45 bits per heavy atom. The maximum absolute atomic E-state index is 12.9. The summed E-state index contributed by atoms with van der Waals surface area (Å²) >= 11 is 6.65. The Hall–Kier alpha value is -2.76. The highest BCUT2D eigenvalue weighted by Gasteiger charge is 2.23. The second kappa shape index (κ2) is 9.24. The molecule has 1 N–H and O–H groups in total. The van der Waals surface area contributed by atoms with Gasteiger partial charge in [-0.2, -0.15) is 0 Å². The molecule has 172 valence electrons. The van der Waals surface area contributed by atoms with Gasteiger partial charge in [-0.15, -0.1) is 0 Å². The second-order valence-electron chi connectivity index (χ2n) is 9.78. The fourth-order valence-corrected chi connectivity index (χ4v) is 4.38. The van der Waals surface area contributed by atoms with Gasteiger partial charge in [-0.3, -0.25) is 14.8 Å². The number of carbonyl (C=O) groups is 1. The number of piperidine rings is 1. The Labute approximate surface area is 200 Å². The predicted molar refractivity (Wildman–Crippen MR) is 132 cm³/mol. The highest BCUT2D eigenvalue weighted by molar-refractivity contribution is 6.33. The summed E-state index contributed by atoms with van der Waals surface area (Å²) in [5.41, 5.74) is 6.12. The minimum Gasteiger partial charge on any atom is -0.393 e. The van der Waals surface area contributed by atoms with Crippen molar-refractivity contribution < 1.29 is 9.90 Å². The number of pyridine rings is 2. The Balaban J connectivity index is 1.65. The first-order chi connectivity index (χ1) is 15.6. The van der Waals surface area contributed by atoms with E-state index in [4.69, 9.17) is 16.6 Å². The highest BCUT2D eigenvalue weighted by atomic mass is 35.5. The lowest BCUT2D eigenvalue weighted by Gasteiger charge is -2.29. The van der Waals surface area contributed by atoms with E-state index in [1.165, 1.54) is 0 Å². The lowest BCUT2D eigenvalue weighted by molar-refractivity contribution is 0.0546. The lowest BCUT2D eigenvalue weighted by Crippen LogP contribution is -2.40. The number of aromatic nitrogens is 2. The number of hydrogen-bond acceptors (Lipinski definition) is 4. The van der Waals surface area contributed by atoms with E-state index in [9.17, 15) is 9.90 Å². The molecule has 0 bridgehead atoms. The fourth-order valence-electron chi connectivity index (χ4n) is 4.10. The van der Waals surface area contributed by atoms with Crippen LogP contribution in [0, 0.1) is 6.92 Å². The summed E-state index contributed by atoms with van der Waals surface area (Å²) in [5.74, 6) is -0.0558. The Bertz CT molecular complexity index is 1180. The molecule has 4 rings (SSSR count). The average molecular weight is 464 g/mol. The van der Waals surface area contributed by atoms with Crippen molar-refractivity contribution in [2.45, 2.75) is 52.1 Å². The zero-order valence-electron chi connectivity index (χ0n) is 19.6. The van der Waals surface area contributed by atoms with Gasteiger partial charge in [0, 0.05) is 47.2 Å². The van der Waals surface area contributed by atoms with Crippen molar-refractivity contribution in [3.05, 3.63) is 70.6 Å². The summed E-state index contributed by atoms with van der Waals surface area (Å²) in [6, 6.07) is 13.6. The number of aryl methyl sites for hydroxylation is 1. The van der Waals surface area contributed by atoms with Crippen LogP contribution >= 0.6 is 11.6 Å². The maximum Gasteiger partial charge on any atom is 0.253 e. The van der Waals surface area contributed by atoms with Crippen LogP contribution in [0.2, 0.25) is 5.02 Å². The largest absolute Gasteiger partial charge is 0.393 e. The number of hydrogen-bond donors (Lipinski definition) is 1. The summed E-state index contributed by atoms with van der Waals surface area (Å²) in [7, 11) is 0. The van der Waals surface area contributed by atoms with Crippen LogP contribution in [-0.4, -0.2) is 45.1 Å². The van der Waals surface area contributed by atoms with Gasteiger partial charge in [-0.05, 0) is 67.3 Å². The number of amides is 1. The minimum atomic E-state index is -0.318. The quantitative estimate of drug-likeness (QED) is 0.543. The topological polar surface area (TPSA) is 66.3 Å². The molecule has 1 saturated heterocycles. The smallest absolute Gasteiger partial charge is 0.253 e. The van der Waals surface area contributed by atoms with Gasteiger partial charge in [0.2, 0.25) is 0 Å². The van der Waals surface area contributed by atoms with Crippen LogP contribution in [0.15, 0.2) is 48.7 Å². The van der Waals surface area contributed by atoms with Crippen molar-refractivity contribution >= 4 is 17.5 Å². The van der Waals surface area contributed by atoms with Crippen LogP contribution in [0.1, 0.15) is 55.4 Å². The molecule has 3 heterocycles. The third kappa shape index (κ3) is 5.26. The SMILES string of the molecule is Cc1cc(-c2ccnc(C(C)(C)C)c2)cc(-c2ccc(C(=O)N3CCC(O)CC3)cc2Cl)n1. The van der Waals surface area contributed by atoms with Crippen LogP contribution in [0.4, 0.5) is 0 Å². The van der Waals surface area contributed by atoms with Crippen molar-refractivity contribution in [3.8, 4) is 22.4 Å². The van der Waals surface area contributed by atoms with E-state index in [1.54, 1.807) is 11.0 Å². The highest BCUT2D eigenvalue weighted by Crippen LogP contribution is 2.32. The predicted octanol–water partition coefficient (Wildman–Crippen LogP) is 5.67. The van der Waals surface area contributed by atoms with E-state index in [2.05, 4.69) is 37.9 Å². The number of carbonyl (C=O) groups excluding carboxylic acids is 1.